The summed E-state index contributed by atoms with van der Waals surface area (Å²) in [7, 11) is -4.19. The van der Waals surface area contributed by atoms with Crippen LogP contribution in [0.2, 0.25) is 0 Å². The molecule has 4 aromatic rings. The summed E-state index contributed by atoms with van der Waals surface area (Å²) in [5.74, 6) is -3.12. The minimum Gasteiger partial charge on any atom is -0.487 e. The largest absolute Gasteiger partial charge is 0.487 e. The van der Waals surface area contributed by atoms with E-state index in [4.69, 9.17) is 25.7 Å². The summed E-state index contributed by atoms with van der Waals surface area (Å²) >= 11 is 0. The van der Waals surface area contributed by atoms with Crippen LogP contribution in [-0.4, -0.2) is 146 Å². The number of hydrogen-bond donors (Lipinski definition) is 7. The quantitative estimate of drug-likeness (QED) is 0.0109. The van der Waals surface area contributed by atoms with Gasteiger partial charge in [0.25, 0.3) is 10.0 Å². The molecule has 4 aromatic carbocycles. The Morgan fingerprint density at radius 1 is 0.728 bits per heavy atom. The van der Waals surface area contributed by atoms with E-state index in [2.05, 4.69) is 86.4 Å². The van der Waals surface area contributed by atoms with Crippen molar-refractivity contribution >= 4 is 51.5 Å². The average Bonchev–Trinajstić information content (AvgIpc) is 0.952. The molecule has 0 aromatic heterocycles. The molecule has 0 bridgehead atoms. The lowest BCUT2D eigenvalue weighted by Crippen LogP contribution is -2.60. The van der Waals surface area contributed by atoms with Crippen molar-refractivity contribution in [3.05, 3.63) is 129 Å². The van der Waals surface area contributed by atoms with E-state index in [0.29, 0.717) is 68.4 Å². The molecule has 2 saturated heterocycles. The number of aliphatic imine (C=N–C) groups is 1. The van der Waals surface area contributed by atoms with E-state index in [-0.39, 0.29) is 56.2 Å². The van der Waals surface area contributed by atoms with E-state index in [1.54, 1.807) is 41.5 Å². The summed E-state index contributed by atoms with van der Waals surface area (Å²) in [5.41, 5.74) is 16.1. The van der Waals surface area contributed by atoms with Gasteiger partial charge in [-0.1, -0.05) is 90.5 Å². The summed E-state index contributed by atoms with van der Waals surface area (Å²) in [6.45, 7) is 24.2. The van der Waals surface area contributed by atoms with Crippen LogP contribution in [0.5, 0.6) is 5.75 Å². The number of amides is 5. The predicted molar refractivity (Wildman–Crippen MR) is 356 cm³/mol. The number of fused-ring (bicyclic) bond motifs is 1. The van der Waals surface area contributed by atoms with Crippen LogP contribution in [0.4, 0.5) is 0 Å². The first-order valence-electron chi connectivity index (χ1n) is 32.5. The second-order valence-corrected chi connectivity index (χ2v) is 29.0. The Morgan fingerprint density at radius 2 is 1.32 bits per heavy atom. The third-order valence-electron chi connectivity index (χ3n) is 17.4. The van der Waals surface area contributed by atoms with Crippen molar-refractivity contribution in [2.75, 3.05) is 32.7 Å². The topological polar surface area (TPSA) is 295 Å². The summed E-state index contributed by atoms with van der Waals surface area (Å²) in [5, 5.41) is 12.5. The number of hydrogen-bond acceptors (Lipinski definition) is 14. The van der Waals surface area contributed by atoms with Gasteiger partial charge in [0.1, 0.15) is 47.2 Å². The van der Waals surface area contributed by atoms with Gasteiger partial charge in [-0.3, -0.25) is 34.3 Å². The smallest absolute Gasteiger partial charge is 0.329 e. The van der Waals surface area contributed by atoms with E-state index in [1.807, 2.05) is 77.9 Å². The fraction of sp³-hybridized carbons (Fsp3) is 0.557. The van der Waals surface area contributed by atoms with Gasteiger partial charge in [0, 0.05) is 19.6 Å². The first-order chi connectivity index (χ1) is 43.3. The third-order valence-corrected chi connectivity index (χ3v) is 19.0. The number of ether oxygens (including phenoxy) is 3. The Bertz CT molecular complexity index is 3360. The van der Waals surface area contributed by atoms with Gasteiger partial charge in [0.05, 0.1) is 28.7 Å². The summed E-state index contributed by atoms with van der Waals surface area (Å²) in [6.07, 6.45) is 3.43. The van der Waals surface area contributed by atoms with Gasteiger partial charge in [-0.05, 0) is 206 Å². The number of guanidine groups is 1. The number of benzene rings is 4. The lowest BCUT2D eigenvalue weighted by Gasteiger charge is -2.37. The average molecular weight is 1290 g/mol. The maximum absolute atomic E-state index is 15.3. The molecule has 0 spiro atoms. The van der Waals surface area contributed by atoms with Crippen molar-refractivity contribution in [3.8, 4) is 5.75 Å². The van der Waals surface area contributed by atoms with Gasteiger partial charge in [-0.15, -0.1) is 0 Å². The van der Waals surface area contributed by atoms with Gasteiger partial charge in [-0.2, -0.15) is 0 Å². The maximum Gasteiger partial charge on any atom is 0.329 e. The second-order valence-electron chi connectivity index (χ2n) is 27.4. The standard InChI is InChI=1S/C70H100N10O11S/c1-44-33-35-51(36-34-44)70(49-25-16-14-17-26-49,50-27-18-15-19-28-50)74-40-21-20-29-53(75-62(83)58(77-57(81)43-71)48(5)89-67(6,7)8)63(84)80-42-24-32-56(80)64(85)79-41-23-31-55(79)61(82)76-54(65(86)91-68(9,10)11)30-22-39-73-66(72)78-92(87,88)60-46(3)45(2)59-52(47(60)4)37-38-69(12,13)90-59/h14-19,25-28,33-36,48,53-56,58,74H,20-24,29-32,37-43,71H2,1-13H3,(H,75,83)(H,76,82)(H,77,81)(H3,72,73,78)/t48-,53?,54?,55?,56?,58?/m0/s1. The number of sulfonamides is 1. The number of nitrogens with one attached hydrogen (secondary N) is 5. The summed E-state index contributed by atoms with van der Waals surface area (Å²) in [6, 6.07) is 23.4. The molecule has 0 radical (unpaired) electrons. The maximum atomic E-state index is 15.3. The van der Waals surface area contributed by atoms with Gasteiger partial charge in [0.2, 0.25) is 35.5 Å². The minimum atomic E-state index is -4.19. The van der Waals surface area contributed by atoms with Crippen LogP contribution in [-0.2, 0) is 60.2 Å². The number of unbranched alkanes of at least 4 members (excludes halogenated alkanes) is 1. The van der Waals surface area contributed by atoms with Crippen molar-refractivity contribution in [1.29, 1.82) is 0 Å². The first-order valence-corrected chi connectivity index (χ1v) is 33.9. The number of carbonyl (C=O) groups excluding carboxylic acids is 6. The lowest BCUT2D eigenvalue weighted by atomic mass is 9.76. The Kier molecular flexibility index (Phi) is 23.9. The molecule has 5 unspecified atom stereocenters. The highest BCUT2D eigenvalue weighted by molar-refractivity contribution is 7.90. The number of nitrogens with zero attached hydrogens (tertiary/aromatic N) is 3. The zero-order valence-electron chi connectivity index (χ0n) is 56.3. The van der Waals surface area contributed by atoms with Crippen LogP contribution in [0, 0.1) is 27.7 Å². The van der Waals surface area contributed by atoms with E-state index in [9.17, 15) is 32.4 Å². The molecule has 9 N–H and O–H groups in total. The zero-order chi connectivity index (χ0) is 67.5. The molecule has 0 aliphatic carbocycles. The molecule has 92 heavy (non-hydrogen) atoms. The highest BCUT2D eigenvalue weighted by Gasteiger charge is 2.45. The number of likely N-dealkylation sites (tertiary alicyclic amines) is 2. The minimum absolute atomic E-state index is 0.0184. The number of aryl methyl sites for hydroxylation is 1. The van der Waals surface area contributed by atoms with Gasteiger partial charge in [0.15, 0.2) is 0 Å². The molecular weight excluding hydrogens is 1190 g/mol. The lowest BCUT2D eigenvalue weighted by molar-refractivity contribution is -0.159. The Morgan fingerprint density at radius 3 is 1.91 bits per heavy atom. The Balaban J connectivity index is 1.07. The highest BCUT2D eigenvalue weighted by atomic mass is 32.2. The van der Waals surface area contributed by atoms with Gasteiger partial charge in [-0.25, -0.2) is 17.9 Å². The van der Waals surface area contributed by atoms with Crippen molar-refractivity contribution in [2.45, 2.75) is 224 Å². The molecule has 22 heteroatoms. The highest BCUT2D eigenvalue weighted by Crippen LogP contribution is 2.43. The van der Waals surface area contributed by atoms with Crippen LogP contribution in [0.25, 0.3) is 0 Å². The normalized spacial score (nSPS) is 18.2. The molecule has 2 fully saturated rings. The van der Waals surface area contributed by atoms with E-state index >= 15 is 4.79 Å². The molecule has 0 saturated carbocycles. The van der Waals surface area contributed by atoms with E-state index < -0.39 is 111 Å². The van der Waals surface area contributed by atoms with E-state index in [1.165, 1.54) is 9.80 Å². The van der Waals surface area contributed by atoms with Crippen LogP contribution in [0.3, 0.4) is 0 Å². The molecule has 3 heterocycles. The SMILES string of the molecule is Cc1ccc(C(NCCCCC(NC(=O)C(NC(=O)CN)[C@H](C)OC(C)(C)C)C(=O)N2CCCC2C(=O)N2CCCC2C(=O)NC(CCCN=C(N)NS(=O)(=O)c2c(C)c(C)c3c(c2C)CCC(C)(C)O3)C(=O)OC(C)(C)C)(c2ccccc2)c2ccccc2)cc1. The van der Waals surface area contributed by atoms with Gasteiger partial charge >= 0.3 is 5.97 Å². The Hall–Kier alpha value is -7.40. The summed E-state index contributed by atoms with van der Waals surface area (Å²) < 4.78 is 48.6. The second kappa shape index (κ2) is 30.6. The number of nitrogens with two attached hydrogens (primary N) is 2. The van der Waals surface area contributed by atoms with Crippen LogP contribution < -0.4 is 42.2 Å². The Labute approximate surface area is 544 Å². The number of rotatable bonds is 26. The molecular formula is C70H100N10O11S. The predicted octanol–water partition coefficient (Wildman–Crippen LogP) is 7.09. The van der Waals surface area contributed by atoms with Crippen LogP contribution in [0.15, 0.2) is 94.8 Å². The molecule has 502 valence electrons. The monoisotopic (exact) mass is 1290 g/mol. The third kappa shape index (κ3) is 18.0. The van der Waals surface area contributed by atoms with Crippen LogP contribution >= 0.6 is 0 Å². The van der Waals surface area contributed by atoms with Gasteiger partial charge < -0.3 is 51.4 Å². The van der Waals surface area contributed by atoms with Crippen molar-refractivity contribution in [1.82, 2.24) is 35.8 Å². The molecule has 7 rings (SSSR count). The number of carbonyl (C=O) groups is 6. The molecule has 21 nitrogen and oxygen atoms in total. The molecule has 3 aliphatic heterocycles. The first kappa shape index (κ1) is 72.0. The van der Waals surface area contributed by atoms with Crippen molar-refractivity contribution in [2.24, 2.45) is 16.5 Å². The number of esters is 1. The zero-order valence-corrected chi connectivity index (χ0v) is 57.1. The van der Waals surface area contributed by atoms with E-state index in [0.717, 1.165) is 33.4 Å². The fourth-order valence-corrected chi connectivity index (χ4v) is 14.4. The van der Waals surface area contributed by atoms with Crippen molar-refractivity contribution in [3.63, 3.8) is 0 Å². The van der Waals surface area contributed by atoms with Crippen LogP contribution in [0.1, 0.15) is 171 Å². The molecule has 3 aliphatic rings. The fourth-order valence-electron chi connectivity index (χ4n) is 12.8. The summed E-state index contributed by atoms with van der Waals surface area (Å²) in [4.78, 5) is 93.5. The molecule has 6 atom stereocenters. The van der Waals surface area contributed by atoms with Crippen molar-refractivity contribution < 1.29 is 51.4 Å². The molecule has 5 amide bonds.